The third kappa shape index (κ3) is 2.29. The predicted molar refractivity (Wildman–Crippen MR) is 107 cm³/mol. The normalized spacial score (nSPS) is 23.3. The van der Waals surface area contributed by atoms with Gasteiger partial charge >= 0.3 is 0 Å². The van der Waals surface area contributed by atoms with Crippen molar-refractivity contribution >= 4 is 22.2 Å². The Bertz CT molecular complexity index is 1040. The molecule has 0 amide bonds. The zero-order valence-electron chi connectivity index (χ0n) is 14.8. The molecule has 0 bridgehead atoms. The highest BCUT2D eigenvalue weighted by Gasteiger charge is 2.38. The van der Waals surface area contributed by atoms with Crippen molar-refractivity contribution in [2.75, 3.05) is 5.32 Å². The van der Waals surface area contributed by atoms with Gasteiger partial charge in [0.2, 0.25) is 0 Å². The number of nitrogens with one attached hydrogen (secondary N) is 1. The van der Waals surface area contributed by atoms with Crippen LogP contribution in [0.5, 0.6) is 0 Å². The molecule has 2 aliphatic rings. The average molecular weight is 339 g/mol. The van der Waals surface area contributed by atoms with Crippen LogP contribution in [0.4, 0.5) is 5.69 Å². The largest absolute Gasteiger partial charge is 0.378 e. The third-order valence-electron chi connectivity index (χ3n) is 5.93. The molecule has 1 aliphatic carbocycles. The molecule has 5 rings (SSSR count). The number of Topliss-reactive ketones (excluding diaryl/α,β-unsaturated/α-hetero) is 1. The van der Waals surface area contributed by atoms with E-state index in [1.165, 1.54) is 21.9 Å². The van der Waals surface area contributed by atoms with Crippen molar-refractivity contribution in [3.8, 4) is 0 Å². The number of carbonyl (C=O) groups excluding carboxylic acids is 1. The highest BCUT2D eigenvalue weighted by Crippen LogP contribution is 2.50. The maximum atomic E-state index is 11.8. The van der Waals surface area contributed by atoms with Gasteiger partial charge in [0.1, 0.15) is 0 Å². The van der Waals surface area contributed by atoms with E-state index in [1.54, 1.807) is 6.92 Å². The van der Waals surface area contributed by atoms with E-state index in [0.29, 0.717) is 11.8 Å². The summed E-state index contributed by atoms with van der Waals surface area (Å²) in [6.07, 6.45) is 5.69. The van der Waals surface area contributed by atoms with Gasteiger partial charge < -0.3 is 5.32 Å². The van der Waals surface area contributed by atoms with Gasteiger partial charge in [-0.25, -0.2) is 0 Å². The molecule has 3 aromatic carbocycles. The van der Waals surface area contributed by atoms with Crippen LogP contribution in [0.15, 0.2) is 72.8 Å². The monoisotopic (exact) mass is 339 g/mol. The van der Waals surface area contributed by atoms with Crippen LogP contribution in [0.3, 0.4) is 0 Å². The summed E-state index contributed by atoms with van der Waals surface area (Å²) < 4.78 is 0. The molecule has 1 aliphatic heterocycles. The summed E-state index contributed by atoms with van der Waals surface area (Å²) in [7, 11) is 0. The second kappa shape index (κ2) is 5.84. The first kappa shape index (κ1) is 15.4. The van der Waals surface area contributed by atoms with Crippen LogP contribution in [0.2, 0.25) is 0 Å². The van der Waals surface area contributed by atoms with Crippen LogP contribution in [0, 0.1) is 5.92 Å². The number of ketones is 1. The van der Waals surface area contributed by atoms with Gasteiger partial charge in [-0.1, -0.05) is 54.6 Å². The minimum Gasteiger partial charge on any atom is -0.378 e. The van der Waals surface area contributed by atoms with E-state index >= 15 is 0 Å². The molecular formula is C24H21NO. The molecule has 0 fully saturated rings. The smallest absolute Gasteiger partial charge is 0.159 e. The van der Waals surface area contributed by atoms with Gasteiger partial charge in [-0.05, 0) is 59.4 Å². The third-order valence-corrected chi connectivity index (χ3v) is 5.93. The maximum Gasteiger partial charge on any atom is 0.159 e. The van der Waals surface area contributed by atoms with Crippen LogP contribution in [0.1, 0.15) is 46.8 Å². The maximum absolute atomic E-state index is 11.8. The molecule has 3 aromatic rings. The molecule has 0 saturated carbocycles. The van der Waals surface area contributed by atoms with Crippen LogP contribution >= 0.6 is 0 Å². The second-order valence-corrected chi connectivity index (χ2v) is 7.40. The topological polar surface area (TPSA) is 29.1 Å². The van der Waals surface area contributed by atoms with Crippen molar-refractivity contribution in [2.24, 2.45) is 5.92 Å². The Labute approximate surface area is 153 Å². The van der Waals surface area contributed by atoms with Crippen molar-refractivity contribution in [3.05, 3.63) is 89.5 Å². The Balaban J connectivity index is 1.65. The Hall–Kier alpha value is -2.87. The predicted octanol–water partition coefficient (Wildman–Crippen LogP) is 5.87. The molecule has 0 radical (unpaired) electrons. The van der Waals surface area contributed by atoms with Crippen LogP contribution in [0.25, 0.3) is 10.8 Å². The number of anilines is 1. The number of fused-ring (bicyclic) bond motifs is 4. The first-order chi connectivity index (χ1) is 12.7. The SMILES string of the molecule is CC(=O)c1ccc2c(c1)[C@H]1C=CC[C@H]1[C@H](c1cccc3ccccc13)N2. The zero-order valence-corrected chi connectivity index (χ0v) is 14.8. The summed E-state index contributed by atoms with van der Waals surface area (Å²) in [6, 6.07) is 21.6. The van der Waals surface area contributed by atoms with Gasteiger partial charge in [-0.3, -0.25) is 4.79 Å². The Morgan fingerprint density at radius 3 is 2.73 bits per heavy atom. The Morgan fingerprint density at radius 2 is 1.85 bits per heavy atom. The number of benzene rings is 3. The Morgan fingerprint density at radius 1 is 1.00 bits per heavy atom. The molecule has 0 spiro atoms. The minimum atomic E-state index is 0.127. The summed E-state index contributed by atoms with van der Waals surface area (Å²) in [5.74, 6) is 0.979. The average Bonchev–Trinajstić information content (AvgIpc) is 3.16. The summed E-state index contributed by atoms with van der Waals surface area (Å²) in [4.78, 5) is 11.8. The molecule has 3 atom stereocenters. The molecule has 0 saturated heterocycles. The number of carbonyl (C=O) groups is 1. The number of hydrogen-bond acceptors (Lipinski definition) is 2. The quantitative estimate of drug-likeness (QED) is 0.467. The molecule has 128 valence electrons. The summed E-state index contributed by atoms with van der Waals surface area (Å²) >= 11 is 0. The van der Waals surface area contributed by atoms with E-state index in [1.807, 2.05) is 6.07 Å². The van der Waals surface area contributed by atoms with E-state index in [-0.39, 0.29) is 11.8 Å². The number of hydrogen-bond donors (Lipinski definition) is 1. The van der Waals surface area contributed by atoms with E-state index in [2.05, 4.69) is 72.1 Å². The second-order valence-electron chi connectivity index (χ2n) is 7.40. The summed E-state index contributed by atoms with van der Waals surface area (Å²) in [5, 5.41) is 6.40. The van der Waals surface area contributed by atoms with Crippen molar-refractivity contribution in [2.45, 2.75) is 25.3 Å². The first-order valence-electron chi connectivity index (χ1n) is 9.28. The van der Waals surface area contributed by atoms with Crippen molar-refractivity contribution in [3.63, 3.8) is 0 Å². The lowest BCUT2D eigenvalue weighted by Crippen LogP contribution is -2.29. The fourth-order valence-corrected chi connectivity index (χ4v) is 4.64. The number of rotatable bonds is 2. The molecule has 1 N–H and O–H groups in total. The molecular weight excluding hydrogens is 318 g/mol. The first-order valence-corrected chi connectivity index (χ1v) is 9.28. The van der Waals surface area contributed by atoms with Gasteiger partial charge in [0, 0.05) is 17.2 Å². The van der Waals surface area contributed by atoms with Gasteiger partial charge in [0.15, 0.2) is 5.78 Å². The van der Waals surface area contributed by atoms with Gasteiger partial charge in [0.05, 0.1) is 6.04 Å². The van der Waals surface area contributed by atoms with Crippen molar-refractivity contribution in [1.82, 2.24) is 0 Å². The van der Waals surface area contributed by atoms with Gasteiger partial charge in [0.25, 0.3) is 0 Å². The fraction of sp³-hybridized carbons (Fsp3) is 0.208. The zero-order chi connectivity index (χ0) is 17.7. The van der Waals surface area contributed by atoms with E-state index in [4.69, 9.17) is 0 Å². The lowest BCUT2D eigenvalue weighted by molar-refractivity contribution is 0.101. The van der Waals surface area contributed by atoms with Crippen molar-refractivity contribution < 1.29 is 4.79 Å². The molecule has 0 aromatic heterocycles. The van der Waals surface area contributed by atoms with E-state index < -0.39 is 0 Å². The molecule has 2 nitrogen and oxygen atoms in total. The van der Waals surface area contributed by atoms with Crippen LogP contribution in [-0.4, -0.2) is 5.78 Å². The summed E-state index contributed by atoms with van der Waals surface area (Å²) in [5.41, 5.74) is 4.57. The van der Waals surface area contributed by atoms with E-state index in [9.17, 15) is 4.79 Å². The van der Waals surface area contributed by atoms with Crippen molar-refractivity contribution in [1.29, 1.82) is 0 Å². The standard InChI is InChI=1S/C24H21NO/c1-15(26)17-12-13-23-22(14-17)19-9-5-11-21(19)24(25-23)20-10-4-7-16-6-2-3-8-18(16)20/h2-10,12-14,19,21,24-25H,11H2,1H3/t19-,21+,24-/m0/s1. The Kier molecular flexibility index (Phi) is 3.46. The minimum absolute atomic E-state index is 0.127. The highest BCUT2D eigenvalue weighted by molar-refractivity contribution is 5.95. The van der Waals surface area contributed by atoms with Gasteiger partial charge in [-0.2, -0.15) is 0 Å². The molecule has 0 unspecified atom stereocenters. The molecule has 26 heavy (non-hydrogen) atoms. The van der Waals surface area contributed by atoms with Gasteiger partial charge in [-0.15, -0.1) is 0 Å². The van der Waals surface area contributed by atoms with Crippen LogP contribution in [-0.2, 0) is 0 Å². The molecule has 1 heterocycles. The summed E-state index contributed by atoms with van der Waals surface area (Å²) in [6.45, 7) is 1.64. The number of allylic oxidation sites excluding steroid dienone is 2. The van der Waals surface area contributed by atoms with E-state index in [0.717, 1.165) is 17.7 Å². The fourth-order valence-electron chi connectivity index (χ4n) is 4.64. The lowest BCUT2D eigenvalue weighted by atomic mass is 9.75. The highest BCUT2D eigenvalue weighted by atomic mass is 16.1. The lowest BCUT2D eigenvalue weighted by Gasteiger charge is -2.38. The molecule has 2 heteroatoms. The van der Waals surface area contributed by atoms with Crippen LogP contribution < -0.4 is 5.32 Å².